The third kappa shape index (κ3) is 5.58. The van der Waals surface area contributed by atoms with Gasteiger partial charge in [0.25, 0.3) is 0 Å². The number of piperidine rings is 1. The van der Waals surface area contributed by atoms with E-state index < -0.39 is 0 Å². The zero-order valence-electron chi connectivity index (χ0n) is 22.0. The van der Waals surface area contributed by atoms with Crippen molar-refractivity contribution in [3.63, 3.8) is 0 Å². The molecule has 0 spiro atoms. The smallest absolute Gasteiger partial charge is 0.246 e. The SMILES string of the molecule is COc1ccc(-c2noc(CN(C(=O)[C@H]3CCCN(c4ccc(C)cc4)C3)C3CCCC3)n2)cc1OC. The Bertz CT molecular complexity index is 1200. The van der Waals surface area contributed by atoms with E-state index >= 15 is 0 Å². The van der Waals surface area contributed by atoms with Crippen LogP contribution in [0.1, 0.15) is 50.0 Å². The Balaban J connectivity index is 1.33. The van der Waals surface area contributed by atoms with Crippen molar-refractivity contribution in [2.75, 3.05) is 32.2 Å². The van der Waals surface area contributed by atoms with E-state index in [1.54, 1.807) is 14.2 Å². The number of anilines is 1. The quantitative estimate of drug-likeness (QED) is 0.414. The monoisotopic (exact) mass is 504 g/mol. The van der Waals surface area contributed by atoms with E-state index in [1.807, 2.05) is 23.1 Å². The molecule has 5 rings (SSSR count). The van der Waals surface area contributed by atoms with Gasteiger partial charge in [-0.05, 0) is 62.9 Å². The summed E-state index contributed by atoms with van der Waals surface area (Å²) < 4.78 is 16.4. The lowest BCUT2D eigenvalue weighted by atomic mass is 9.95. The summed E-state index contributed by atoms with van der Waals surface area (Å²) in [5.41, 5.74) is 3.20. The first-order valence-electron chi connectivity index (χ1n) is 13.2. The predicted octanol–water partition coefficient (Wildman–Crippen LogP) is 5.25. The molecule has 0 bridgehead atoms. The van der Waals surface area contributed by atoms with Crippen LogP contribution in [-0.4, -0.2) is 54.3 Å². The van der Waals surface area contributed by atoms with E-state index in [-0.39, 0.29) is 17.9 Å². The number of methoxy groups -OCH3 is 2. The number of nitrogens with zero attached hydrogens (tertiary/aromatic N) is 4. The van der Waals surface area contributed by atoms with Crippen molar-refractivity contribution in [3.8, 4) is 22.9 Å². The molecule has 2 fully saturated rings. The van der Waals surface area contributed by atoms with Crippen LogP contribution < -0.4 is 14.4 Å². The normalized spacial score (nSPS) is 18.1. The summed E-state index contributed by atoms with van der Waals surface area (Å²) in [6.45, 7) is 4.16. The van der Waals surface area contributed by atoms with Crippen LogP contribution in [0.3, 0.4) is 0 Å². The molecule has 1 aliphatic carbocycles. The first kappa shape index (κ1) is 25.1. The molecule has 0 unspecified atom stereocenters. The topological polar surface area (TPSA) is 80.9 Å². The molecule has 0 radical (unpaired) electrons. The number of hydrogen-bond acceptors (Lipinski definition) is 7. The molecule has 1 saturated heterocycles. The number of rotatable bonds is 8. The summed E-state index contributed by atoms with van der Waals surface area (Å²) >= 11 is 0. The maximum absolute atomic E-state index is 13.9. The molecule has 1 aromatic heterocycles. The summed E-state index contributed by atoms with van der Waals surface area (Å²) in [4.78, 5) is 22.9. The minimum atomic E-state index is -0.0381. The van der Waals surface area contributed by atoms with Crippen molar-refractivity contribution < 1.29 is 18.8 Å². The first-order chi connectivity index (χ1) is 18.1. The van der Waals surface area contributed by atoms with Crippen LogP contribution in [0.4, 0.5) is 5.69 Å². The van der Waals surface area contributed by atoms with Gasteiger partial charge < -0.3 is 23.8 Å². The zero-order chi connectivity index (χ0) is 25.8. The lowest BCUT2D eigenvalue weighted by molar-refractivity contribution is -0.139. The Labute approximate surface area is 218 Å². The maximum Gasteiger partial charge on any atom is 0.246 e. The lowest BCUT2D eigenvalue weighted by Crippen LogP contribution is -2.47. The molecule has 2 heterocycles. The van der Waals surface area contributed by atoms with Crippen molar-refractivity contribution in [2.45, 2.75) is 58.0 Å². The van der Waals surface area contributed by atoms with Crippen LogP contribution in [0.2, 0.25) is 0 Å². The van der Waals surface area contributed by atoms with Gasteiger partial charge in [0.1, 0.15) is 6.54 Å². The van der Waals surface area contributed by atoms with Crippen molar-refractivity contribution in [1.29, 1.82) is 0 Å². The standard InChI is InChI=1S/C29H36N4O4/c1-20-10-13-23(14-11-20)32-16-6-7-22(18-32)29(34)33(24-8-4-5-9-24)19-27-30-28(31-37-27)21-12-15-25(35-2)26(17-21)36-3/h10-15,17,22,24H,4-9,16,18-19H2,1-3H3/t22-/m0/s1. The number of carbonyl (C=O) groups is 1. The third-order valence-electron chi connectivity index (χ3n) is 7.63. The molecule has 1 aliphatic heterocycles. The average Bonchev–Trinajstić information content (AvgIpc) is 3.64. The number of carbonyl (C=O) groups excluding carboxylic acids is 1. The summed E-state index contributed by atoms with van der Waals surface area (Å²) in [5, 5.41) is 4.20. The molecule has 8 nitrogen and oxygen atoms in total. The molecule has 1 atom stereocenters. The van der Waals surface area contributed by atoms with E-state index in [9.17, 15) is 4.79 Å². The van der Waals surface area contributed by atoms with Gasteiger partial charge in [0, 0.05) is 30.4 Å². The Morgan fingerprint density at radius 1 is 1.03 bits per heavy atom. The lowest BCUT2D eigenvalue weighted by Gasteiger charge is -2.37. The number of benzene rings is 2. The predicted molar refractivity (Wildman–Crippen MR) is 142 cm³/mol. The van der Waals surface area contributed by atoms with Gasteiger partial charge in [0.05, 0.1) is 20.1 Å². The highest BCUT2D eigenvalue weighted by Crippen LogP contribution is 2.33. The van der Waals surface area contributed by atoms with Gasteiger partial charge in [-0.25, -0.2) is 0 Å². The van der Waals surface area contributed by atoms with Gasteiger partial charge in [-0.2, -0.15) is 4.98 Å². The highest BCUT2D eigenvalue weighted by atomic mass is 16.5. The van der Waals surface area contributed by atoms with Crippen molar-refractivity contribution in [1.82, 2.24) is 15.0 Å². The van der Waals surface area contributed by atoms with Gasteiger partial charge in [0.15, 0.2) is 11.5 Å². The summed E-state index contributed by atoms with van der Waals surface area (Å²) in [6, 6.07) is 14.3. The van der Waals surface area contributed by atoms with Crippen LogP contribution >= 0.6 is 0 Å². The van der Waals surface area contributed by atoms with E-state index in [0.29, 0.717) is 29.8 Å². The van der Waals surface area contributed by atoms with E-state index in [2.05, 4.69) is 46.2 Å². The highest BCUT2D eigenvalue weighted by molar-refractivity contribution is 5.80. The van der Waals surface area contributed by atoms with Crippen LogP contribution in [-0.2, 0) is 11.3 Å². The van der Waals surface area contributed by atoms with Crippen molar-refractivity contribution in [3.05, 3.63) is 53.9 Å². The molecular formula is C29H36N4O4. The van der Waals surface area contributed by atoms with Gasteiger partial charge in [0.2, 0.25) is 17.6 Å². The van der Waals surface area contributed by atoms with E-state index in [0.717, 1.165) is 57.2 Å². The van der Waals surface area contributed by atoms with Crippen LogP contribution in [0.5, 0.6) is 11.5 Å². The second-order valence-corrected chi connectivity index (χ2v) is 10.1. The molecule has 8 heteroatoms. The molecule has 37 heavy (non-hydrogen) atoms. The molecule has 3 aromatic rings. The number of aromatic nitrogens is 2. The number of ether oxygens (including phenoxy) is 2. The third-order valence-corrected chi connectivity index (χ3v) is 7.63. The summed E-state index contributed by atoms with van der Waals surface area (Å²) in [6.07, 6.45) is 6.26. The summed E-state index contributed by atoms with van der Waals surface area (Å²) in [7, 11) is 3.20. The van der Waals surface area contributed by atoms with Crippen LogP contribution in [0, 0.1) is 12.8 Å². The second kappa shape index (κ2) is 11.2. The average molecular weight is 505 g/mol. The van der Waals surface area contributed by atoms with Crippen molar-refractivity contribution in [2.24, 2.45) is 5.92 Å². The van der Waals surface area contributed by atoms with Crippen molar-refractivity contribution >= 4 is 11.6 Å². The maximum atomic E-state index is 13.9. The van der Waals surface area contributed by atoms with E-state index in [4.69, 9.17) is 14.0 Å². The molecule has 2 aliphatic rings. The fourth-order valence-electron chi connectivity index (χ4n) is 5.56. The van der Waals surface area contributed by atoms with Crippen LogP contribution in [0.25, 0.3) is 11.4 Å². The highest BCUT2D eigenvalue weighted by Gasteiger charge is 2.35. The zero-order valence-corrected chi connectivity index (χ0v) is 22.0. The first-order valence-corrected chi connectivity index (χ1v) is 13.2. The molecule has 1 amide bonds. The van der Waals surface area contributed by atoms with Gasteiger partial charge in [-0.1, -0.05) is 35.7 Å². The fourth-order valence-corrected chi connectivity index (χ4v) is 5.56. The molecule has 0 N–H and O–H groups in total. The summed E-state index contributed by atoms with van der Waals surface area (Å²) in [5.74, 6) is 2.33. The molecular weight excluding hydrogens is 468 g/mol. The molecule has 196 valence electrons. The second-order valence-electron chi connectivity index (χ2n) is 10.1. The molecule has 1 saturated carbocycles. The number of amides is 1. The van der Waals surface area contributed by atoms with Crippen LogP contribution in [0.15, 0.2) is 47.0 Å². The largest absolute Gasteiger partial charge is 0.493 e. The Morgan fingerprint density at radius 2 is 1.78 bits per heavy atom. The fraction of sp³-hybridized carbons (Fsp3) is 0.483. The number of aryl methyl sites for hydroxylation is 1. The minimum Gasteiger partial charge on any atom is -0.493 e. The number of hydrogen-bond donors (Lipinski definition) is 0. The van der Waals surface area contributed by atoms with E-state index in [1.165, 1.54) is 11.3 Å². The van der Waals surface area contributed by atoms with Gasteiger partial charge in [-0.15, -0.1) is 0 Å². The minimum absolute atomic E-state index is 0.0381. The van der Waals surface area contributed by atoms with Gasteiger partial charge >= 0.3 is 0 Å². The van der Waals surface area contributed by atoms with Gasteiger partial charge in [-0.3, -0.25) is 4.79 Å². The Kier molecular flexibility index (Phi) is 7.63. The molecule has 2 aromatic carbocycles. The Morgan fingerprint density at radius 3 is 2.51 bits per heavy atom. The Hall–Kier alpha value is -3.55.